The van der Waals surface area contributed by atoms with Gasteiger partial charge in [-0.2, -0.15) is 5.26 Å². The highest BCUT2D eigenvalue weighted by Gasteiger charge is 2.19. The Morgan fingerprint density at radius 2 is 1.65 bits per heavy atom. The molecule has 7 heteroatoms. The van der Waals surface area contributed by atoms with Gasteiger partial charge in [0.05, 0.1) is 42.8 Å². The van der Waals surface area contributed by atoms with Crippen LogP contribution in [0.4, 0.5) is 5.69 Å². The van der Waals surface area contributed by atoms with Gasteiger partial charge in [-0.15, -0.1) is 0 Å². The molecule has 0 saturated carbocycles. The van der Waals surface area contributed by atoms with Crippen LogP contribution >= 0.6 is 0 Å². The molecule has 0 atom stereocenters. The summed E-state index contributed by atoms with van der Waals surface area (Å²) in [5.74, 6) is 1.48. The van der Waals surface area contributed by atoms with Crippen molar-refractivity contribution in [1.29, 1.82) is 5.26 Å². The molecule has 0 amide bonds. The third kappa shape index (κ3) is 5.83. The largest absolute Gasteiger partial charge is 0.494 e. The number of nitrogens with one attached hydrogen (secondary N) is 2. The van der Waals surface area contributed by atoms with Crippen LogP contribution in [0.2, 0.25) is 0 Å². The zero-order valence-corrected chi connectivity index (χ0v) is 22.4. The van der Waals surface area contributed by atoms with Crippen molar-refractivity contribution in [3.05, 3.63) is 119 Å². The quantitative estimate of drug-likeness (QED) is 0.146. The smallest absolute Gasteiger partial charge is 0.199 e. The fraction of sp³-hybridized carbons (Fsp3) is 0.152. The zero-order chi connectivity index (χ0) is 27.9. The van der Waals surface area contributed by atoms with Gasteiger partial charge < -0.3 is 24.9 Å². The number of aliphatic imine (C=N–C) groups is 1. The van der Waals surface area contributed by atoms with E-state index in [-0.39, 0.29) is 5.88 Å². The Morgan fingerprint density at radius 1 is 0.900 bits per heavy atom. The van der Waals surface area contributed by atoms with Crippen molar-refractivity contribution in [3.8, 4) is 23.4 Å². The lowest BCUT2D eigenvalue weighted by atomic mass is 10.00. The molecule has 0 aliphatic carbocycles. The molecule has 0 bridgehead atoms. The van der Waals surface area contributed by atoms with E-state index in [1.165, 1.54) is 5.56 Å². The van der Waals surface area contributed by atoms with Crippen LogP contribution in [0.3, 0.4) is 0 Å². The lowest BCUT2D eigenvalue weighted by Crippen LogP contribution is -2.16. The standard InChI is InChI=1S/C33H30N4O3/c1-39-29-15-11-22(19-30(29)40-2)16-17-35-21-23-8-12-26(13-9-23)36-32(25-6-4-3-5-7-25)31-27-18-24(20-34)10-14-28(27)37-33(31)38/h3-15,18-19,35,37-38H,16-17,21H2,1-2H3. The van der Waals surface area contributed by atoms with Crippen LogP contribution in [0.25, 0.3) is 10.9 Å². The number of fused-ring (bicyclic) bond motifs is 1. The van der Waals surface area contributed by atoms with Crippen molar-refractivity contribution in [2.24, 2.45) is 4.99 Å². The molecule has 0 aliphatic rings. The van der Waals surface area contributed by atoms with Gasteiger partial charge in [0.2, 0.25) is 0 Å². The molecule has 0 saturated heterocycles. The molecular formula is C33H30N4O3. The Morgan fingerprint density at radius 3 is 2.38 bits per heavy atom. The third-order valence-corrected chi connectivity index (χ3v) is 6.74. The van der Waals surface area contributed by atoms with Crippen LogP contribution in [0.15, 0.2) is 96.0 Å². The number of benzene rings is 4. The van der Waals surface area contributed by atoms with Gasteiger partial charge in [-0.1, -0.05) is 48.5 Å². The lowest BCUT2D eigenvalue weighted by Gasteiger charge is -2.10. The number of aromatic hydroxyl groups is 1. The number of nitriles is 1. The second-order valence-corrected chi connectivity index (χ2v) is 9.33. The second kappa shape index (κ2) is 12.2. The number of aromatic amines is 1. The Bertz CT molecular complexity index is 1680. The maximum Gasteiger partial charge on any atom is 0.199 e. The molecule has 4 aromatic carbocycles. The van der Waals surface area contributed by atoms with E-state index >= 15 is 0 Å². The molecule has 5 rings (SSSR count). The first-order chi connectivity index (χ1) is 19.6. The first kappa shape index (κ1) is 26.5. The van der Waals surface area contributed by atoms with Crippen LogP contribution in [-0.4, -0.2) is 36.6 Å². The topological polar surface area (TPSA) is 103 Å². The fourth-order valence-corrected chi connectivity index (χ4v) is 4.67. The molecule has 0 aliphatic heterocycles. The van der Waals surface area contributed by atoms with Crippen molar-refractivity contribution in [2.45, 2.75) is 13.0 Å². The van der Waals surface area contributed by atoms with E-state index in [4.69, 9.17) is 14.5 Å². The maximum atomic E-state index is 10.9. The van der Waals surface area contributed by atoms with Crippen LogP contribution < -0.4 is 14.8 Å². The van der Waals surface area contributed by atoms with Gasteiger partial charge in [0.15, 0.2) is 17.4 Å². The molecule has 0 spiro atoms. The number of methoxy groups -OCH3 is 2. The van der Waals surface area contributed by atoms with Crippen molar-refractivity contribution in [2.75, 3.05) is 20.8 Å². The minimum absolute atomic E-state index is 0.0167. The van der Waals surface area contributed by atoms with Gasteiger partial charge in [-0.05, 0) is 66.6 Å². The van der Waals surface area contributed by atoms with Gasteiger partial charge in [0, 0.05) is 23.0 Å². The van der Waals surface area contributed by atoms with E-state index in [2.05, 4.69) is 16.4 Å². The van der Waals surface area contributed by atoms with Gasteiger partial charge in [-0.25, -0.2) is 4.99 Å². The lowest BCUT2D eigenvalue weighted by molar-refractivity contribution is 0.354. The van der Waals surface area contributed by atoms with Crippen LogP contribution in [0.5, 0.6) is 17.4 Å². The molecule has 1 aromatic heterocycles. The molecule has 7 nitrogen and oxygen atoms in total. The number of aromatic nitrogens is 1. The highest BCUT2D eigenvalue weighted by Crippen LogP contribution is 2.32. The average molecular weight is 531 g/mol. The highest BCUT2D eigenvalue weighted by atomic mass is 16.5. The Hall–Kier alpha value is -5.06. The third-order valence-electron chi connectivity index (χ3n) is 6.74. The van der Waals surface area contributed by atoms with Gasteiger partial charge >= 0.3 is 0 Å². The summed E-state index contributed by atoms with van der Waals surface area (Å²) in [5.41, 5.74) is 6.39. The summed E-state index contributed by atoms with van der Waals surface area (Å²) in [4.78, 5) is 7.98. The minimum Gasteiger partial charge on any atom is -0.494 e. The van der Waals surface area contributed by atoms with Crippen LogP contribution in [0, 0.1) is 11.3 Å². The highest BCUT2D eigenvalue weighted by molar-refractivity contribution is 6.22. The first-order valence-electron chi connectivity index (χ1n) is 13.0. The molecule has 0 unspecified atom stereocenters. The van der Waals surface area contributed by atoms with E-state index in [1.54, 1.807) is 32.4 Å². The summed E-state index contributed by atoms with van der Waals surface area (Å²) >= 11 is 0. The summed E-state index contributed by atoms with van der Waals surface area (Å²) in [6.07, 6.45) is 0.866. The molecule has 3 N–H and O–H groups in total. The van der Waals surface area contributed by atoms with Gasteiger partial charge in [0.1, 0.15) is 0 Å². The predicted molar refractivity (Wildman–Crippen MR) is 158 cm³/mol. The number of H-pyrrole nitrogens is 1. The van der Waals surface area contributed by atoms with E-state index < -0.39 is 0 Å². The van der Waals surface area contributed by atoms with Gasteiger partial charge in [-0.3, -0.25) is 0 Å². The normalized spacial score (nSPS) is 11.4. The number of hydrogen-bond donors (Lipinski definition) is 3. The molecule has 200 valence electrons. The van der Waals surface area contributed by atoms with Crippen LogP contribution in [0.1, 0.15) is 27.8 Å². The van der Waals surface area contributed by atoms with E-state index in [1.807, 2.05) is 72.8 Å². The van der Waals surface area contributed by atoms with Crippen molar-refractivity contribution < 1.29 is 14.6 Å². The summed E-state index contributed by atoms with van der Waals surface area (Å²) < 4.78 is 10.7. The molecule has 0 radical (unpaired) electrons. The zero-order valence-electron chi connectivity index (χ0n) is 22.4. The van der Waals surface area contributed by atoms with E-state index in [9.17, 15) is 10.4 Å². The summed E-state index contributed by atoms with van der Waals surface area (Å²) in [6, 6.07) is 31.2. The summed E-state index contributed by atoms with van der Waals surface area (Å²) in [6.45, 7) is 1.54. The monoisotopic (exact) mass is 530 g/mol. The number of nitrogens with zero attached hydrogens (tertiary/aromatic N) is 2. The van der Waals surface area contributed by atoms with Gasteiger partial charge in [0.25, 0.3) is 0 Å². The van der Waals surface area contributed by atoms with E-state index in [0.29, 0.717) is 16.8 Å². The molecule has 40 heavy (non-hydrogen) atoms. The Labute approximate surface area is 233 Å². The molecule has 5 aromatic rings. The SMILES string of the molecule is COc1ccc(CCNCc2ccc(N=C(c3ccccc3)c3c(O)[nH]c4ccc(C#N)cc34)cc2)cc1OC. The Kier molecular flexibility index (Phi) is 8.10. The number of ether oxygens (including phenoxy) is 2. The maximum absolute atomic E-state index is 10.9. The molecule has 0 fully saturated rings. The number of hydrogen-bond acceptors (Lipinski definition) is 6. The summed E-state index contributed by atoms with van der Waals surface area (Å²) in [7, 11) is 3.28. The molecular weight excluding hydrogens is 500 g/mol. The van der Waals surface area contributed by atoms with E-state index in [0.717, 1.165) is 58.7 Å². The predicted octanol–water partition coefficient (Wildman–Crippen LogP) is 6.26. The van der Waals surface area contributed by atoms with Crippen molar-refractivity contribution in [3.63, 3.8) is 0 Å². The van der Waals surface area contributed by atoms with Crippen molar-refractivity contribution >= 4 is 22.3 Å². The number of rotatable bonds is 10. The fourth-order valence-electron chi connectivity index (χ4n) is 4.67. The van der Waals surface area contributed by atoms with Crippen molar-refractivity contribution in [1.82, 2.24) is 10.3 Å². The Balaban J connectivity index is 1.33. The summed E-state index contributed by atoms with van der Waals surface area (Å²) in [5, 5.41) is 24.5. The minimum atomic E-state index is 0.0167. The first-order valence-corrected chi connectivity index (χ1v) is 13.0. The second-order valence-electron chi connectivity index (χ2n) is 9.33. The molecule has 1 heterocycles. The van der Waals surface area contributed by atoms with Crippen LogP contribution in [-0.2, 0) is 13.0 Å². The average Bonchev–Trinajstić information content (AvgIpc) is 3.33.